The molecule has 35 heavy (non-hydrogen) atoms. The van der Waals surface area contributed by atoms with Crippen molar-refractivity contribution >= 4 is 0 Å². The van der Waals surface area contributed by atoms with E-state index in [2.05, 4.69) is 96.9 Å². The lowest BCUT2D eigenvalue weighted by molar-refractivity contribution is 0.00511. The zero-order chi connectivity index (χ0) is 27.3. The molecular weight excluding hydrogens is 420 g/mol. The lowest BCUT2D eigenvalue weighted by atomic mass is 9.57. The summed E-state index contributed by atoms with van der Waals surface area (Å²) in [5, 5.41) is 0. The fraction of sp³-hybridized carbons (Fsp3) is 1.00. The van der Waals surface area contributed by atoms with Crippen LogP contribution >= 0.6 is 0 Å². The molecule has 0 spiro atoms. The fourth-order valence-corrected chi connectivity index (χ4v) is 7.59. The van der Waals surface area contributed by atoms with E-state index >= 15 is 0 Å². The second-order valence-electron chi connectivity index (χ2n) is 13.8. The highest BCUT2D eigenvalue weighted by Gasteiger charge is 2.42. The highest BCUT2D eigenvalue weighted by molar-refractivity contribution is 4.91. The molecule has 0 aliphatic carbocycles. The summed E-state index contributed by atoms with van der Waals surface area (Å²) in [6, 6.07) is 0. The van der Waals surface area contributed by atoms with Gasteiger partial charge in [-0.2, -0.15) is 0 Å². The van der Waals surface area contributed by atoms with Crippen molar-refractivity contribution in [1.29, 1.82) is 0 Å². The van der Waals surface area contributed by atoms with Crippen LogP contribution in [0, 0.1) is 71.0 Å². The van der Waals surface area contributed by atoms with Crippen LogP contribution in [0.15, 0.2) is 0 Å². The van der Waals surface area contributed by atoms with Gasteiger partial charge in [0.2, 0.25) is 0 Å². The van der Waals surface area contributed by atoms with E-state index in [4.69, 9.17) is 0 Å². The maximum atomic E-state index is 2.68. The molecule has 0 nitrogen and oxygen atoms in total. The van der Waals surface area contributed by atoms with Crippen LogP contribution < -0.4 is 0 Å². The predicted octanol–water partition coefficient (Wildman–Crippen LogP) is 12.2. The quantitative estimate of drug-likeness (QED) is 0.158. The Bertz CT molecular complexity index is 494. The van der Waals surface area contributed by atoms with Gasteiger partial charge in [-0.15, -0.1) is 0 Å². The Kier molecular flexibility index (Phi) is 18.3. The molecule has 0 amide bonds. The monoisotopic (exact) mass is 493 g/mol. The van der Waals surface area contributed by atoms with Gasteiger partial charge in [0.05, 0.1) is 0 Å². The summed E-state index contributed by atoms with van der Waals surface area (Å²) in [6.07, 6.45) is 12.3. The maximum Gasteiger partial charge on any atom is -0.0324 e. The first kappa shape index (κ1) is 35.0. The summed E-state index contributed by atoms with van der Waals surface area (Å²) < 4.78 is 0. The average molecular weight is 493 g/mol. The topological polar surface area (TPSA) is 0 Å². The Morgan fingerprint density at radius 1 is 0.400 bits per heavy atom. The first-order valence-corrected chi connectivity index (χ1v) is 16.4. The van der Waals surface area contributed by atoms with Crippen molar-refractivity contribution in [2.45, 2.75) is 155 Å². The van der Waals surface area contributed by atoms with Crippen molar-refractivity contribution in [2.75, 3.05) is 0 Å². The van der Waals surface area contributed by atoms with Crippen LogP contribution in [0.3, 0.4) is 0 Å². The van der Waals surface area contributed by atoms with E-state index in [1.165, 1.54) is 57.8 Å². The predicted molar refractivity (Wildman–Crippen MR) is 163 cm³/mol. The third-order valence-corrected chi connectivity index (χ3v) is 11.3. The Hall–Kier alpha value is 0. The highest BCUT2D eigenvalue weighted by Crippen LogP contribution is 2.49. The highest BCUT2D eigenvalue weighted by atomic mass is 14.5. The normalized spacial score (nSPS) is 22.8. The van der Waals surface area contributed by atoms with Crippen LogP contribution in [0.25, 0.3) is 0 Å². The molecule has 0 aromatic heterocycles. The second kappa shape index (κ2) is 18.3. The largest absolute Gasteiger partial charge is 0.0654 e. The van der Waals surface area contributed by atoms with E-state index in [0.717, 1.165) is 71.0 Å². The zero-order valence-corrected chi connectivity index (χ0v) is 27.3. The van der Waals surface area contributed by atoms with Crippen molar-refractivity contribution in [3.8, 4) is 0 Å². The van der Waals surface area contributed by atoms with Gasteiger partial charge in [0.15, 0.2) is 0 Å². The van der Waals surface area contributed by atoms with E-state index < -0.39 is 0 Å². The number of hydrogen-bond donors (Lipinski definition) is 0. The van der Waals surface area contributed by atoms with Crippen LogP contribution in [-0.2, 0) is 0 Å². The minimum Gasteiger partial charge on any atom is -0.0654 e. The molecule has 0 fully saturated rings. The Morgan fingerprint density at radius 2 is 0.914 bits per heavy atom. The fourth-order valence-electron chi connectivity index (χ4n) is 7.59. The van der Waals surface area contributed by atoms with Crippen molar-refractivity contribution in [3.63, 3.8) is 0 Å². The summed E-state index contributed by atoms with van der Waals surface area (Å²) in [4.78, 5) is 0. The summed E-state index contributed by atoms with van der Waals surface area (Å²) >= 11 is 0. The van der Waals surface area contributed by atoms with Gasteiger partial charge in [-0.1, -0.05) is 142 Å². The van der Waals surface area contributed by atoms with E-state index in [0.29, 0.717) is 0 Å². The first-order valence-electron chi connectivity index (χ1n) is 16.4. The molecule has 0 aliphatic heterocycles. The molecule has 0 radical (unpaired) electrons. The summed E-state index contributed by atoms with van der Waals surface area (Å²) in [6.45, 7) is 35.3. The van der Waals surface area contributed by atoms with Gasteiger partial charge in [-0.05, 0) is 83.9 Å². The van der Waals surface area contributed by atoms with Crippen LogP contribution in [0.4, 0.5) is 0 Å². The van der Waals surface area contributed by atoms with Gasteiger partial charge in [-0.25, -0.2) is 0 Å². The molecule has 0 N–H and O–H groups in total. The summed E-state index contributed by atoms with van der Waals surface area (Å²) in [7, 11) is 0. The smallest absolute Gasteiger partial charge is 0.0324 e. The van der Waals surface area contributed by atoms with Crippen LogP contribution in [0.1, 0.15) is 155 Å². The van der Waals surface area contributed by atoms with Crippen LogP contribution in [0.2, 0.25) is 0 Å². The molecular formula is C35H72. The summed E-state index contributed by atoms with van der Waals surface area (Å²) in [5.41, 5.74) is 0. The zero-order valence-electron chi connectivity index (χ0n) is 27.3. The van der Waals surface area contributed by atoms with E-state index in [1.807, 2.05) is 0 Å². The van der Waals surface area contributed by atoms with Gasteiger partial charge < -0.3 is 0 Å². The lowest BCUT2D eigenvalue weighted by Crippen LogP contribution is -2.42. The molecule has 0 heterocycles. The molecule has 0 rings (SSSR count). The Balaban J connectivity index is 6.49. The number of rotatable bonds is 20. The molecule has 0 saturated carbocycles. The average Bonchev–Trinajstić information content (AvgIpc) is 2.84. The van der Waals surface area contributed by atoms with E-state index in [9.17, 15) is 0 Å². The van der Waals surface area contributed by atoms with Gasteiger partial charge in [-0.3, -0.25) is 0 Å². The molecule has 212 valence electrons. The van der Waals surface area contributed by atoms with E-state index in [1.54, 1.807) is 0 Å². The van der Waals surface area contributed by atoms with Crippen molar-refractivity contribution in [1.82, 2.24) is 0 Å². The SMILES string of the molecule is CCCC(C)C(C)C(C)C(C(CC(C)CC(C)CC)C(C)CC)C(CCC)C(C)C(C)C(C)CC. The second-order valence-corrected chi connectivity index (χ2v) is 13.8. The van der Waals surface area contributed by atoms with Crippen molar-refractivity contribution < 1.29 is 0 Å². The minimum absolute atomic E-state index is 0.800. The molecule has 0 aromatic rings. The number of hydrogen-bond acceptors (Lipinski definition) is 0. The van der Waals surface area contributed by atoms with Gasteiger partial charge in [0.25, 0.3) is 0 Å². The molecule has 0 bridgehead atoms. The molecule has 0 saturated heterocycles. The molecule has 0 heteroatoms. The Morgan fingerprint density at radius 3 is 1.37 bits per heavy atom. The van der Waals surface area contributed by atoms with E-state index in [-0.39, 0.29) is 0 Å². The third-order valence-electron chi connectivity index (χ3n) is 11.3. The van der Waals surface area contributed by atoms with Crippen molar-refractivity contribution in [3.05, 3.63) is 0 Å². The molecule has 0 aliphatic rings. The maximum absolute atomic E-state index is 2.68. The van der Waals surface area contributed by atoms with Crippen molar-refractivity contribution in [2.24, 2.45) is 71.0 Å². The molecule has 12 atom stereocenters. The van der Waals surface area contributed by atoms with Gasteiger partial charge in [0.1, 0.15) is 0 Å². The van der Waals surface area contributed by atoms with Gasteiger partial charge >= 0.3 is 0 Å². The summed E-state index contributed by atoms with van der Waals surface area (Å²) in [5.74, 6) is 9.95. The third kappa shape index (κ3) is 11.1. The lowest BCUT2D eigenvalue weighted by Gasteiger charge is -2.48. The van der Waals surface area contributed by atoms with Crippen LogP contribution in [-0.4, -0.2) is 0 Å². The molecule has 12 unspecified atom stereocenters. The standard InChI is InChI=1S/C35H72/c1-15-20-28(10)30(12)32(14)35(33(21-16-2)31(13)29(11)26(8)18-4)34(27(9)19-5)23-25(7)22-24(6)17-3/h24-35H,15-23H2,1-14H3. The first-order chi connectivity index (χ1) is 16.4. The Labute approximate surface area is 225 Å². The van der Waals surface area contributed by atoms with Crippen LogP contribution in [0.5, 0.6) is 0 Å². The van der Waals surface area contributed by atoms with Gasteiger partial charge in [0, 0.05) is 0 Å². The minimum atomic E-state index is 0.800. The molecule has 0 aromatic carbocycles.